The Morgan fingerprint density at radius 3 is 2.54 bits per heavy atom. The van der Waals surface area contributed by atoms with Crippen molar-refractivity contribution in [2.24, 2.45) is 11.8 Å². The number of ether oxygens (including phenoxy) is 2. The third-order valence-electron chi connectivity index (χ3n) is 7.82. The van der Waals surface area contributed by atoms with E-state index >= 15 is 0 Å². The normalized spacial score (nSPS) is 17.0. The molecule has 0 spiro atoms. The summed E-state index contributed by atoms with van der Waals surface area (Å²) in [5.74, 6) is 2.80. The molecule has 1 saturated carbocycles. The minimum atomic E-state index is -0.733. The van der Waals surface area contributed by atoms with Gasteiger partial charge < -0.3 is 24.0 Å². The van der Waals surface area contributed by atoms with Gasteiger partial charge in [-0.2, -0.15) is 0 Å². The second-order valence-electron chi connectivity index (χ2n) is 10.4. The van der Waals surface area contributed by atoms with Crippen molar-refractivity contribution < 1.29 is 23.9 Å². The first-order valence-corrected chi connectivity index (χ1v) is 13.2. The standard InChI is InChI=1S/C30H36N2O5/c1-19-30(20(2)37-31-19)26-10-9-24(35-3)16-28(26)32-13-11-21(12-14-32)18-36-25-6-4-5-23(15-25)27(17-29(33)34)22-7-8-22/h4-6,9-10,15-16,21-22,27H,7-8,11-14,17-18H2,1-3H3,(H,33,34)/t27-/m0/s1. The Hall–Kier alpha value is -3.48. The molecule has 0 radical (unpaired) electrons. The van der Waals surface area contributed by atoms with Crippen LogP contribution in [0.4, 0.5) is 5.69 Å². The lowest BCUT2D eigenvalue weighted by Crippen LogP contribution is -2.35. The van der Waals surface area contributed by atoms with Crippen molar-refractivity contribution in [3.05, 3.63) is 59.5 Å². The largest absolute Gasteiger partial charge is 0.497 e. The molecule has 1 atom stereocenters. The Morgan fingerprint density at radius 1 is 1.11 bits per heavy atom. The summed E-state index contributed by atoms with van der Waals surface area (Å²) in [6, 6.07) is 14.3. The number of hydrogen-bond acceptors (Lipinski definition) is 6. The lowest BCUT2D eigenvalue weighted by atomic mass is 9.91. The van der Waals surface area contributed by atoms with Gasteiger partial charge in [-0.25, -0.2) is 0 Å². The fourth-order valence-corrected chi connectivity index (χ4v) is 5.61. The van der Waals surface area contributed by atoms with Crippen LogP contribution in [0, 0.1) is 25.7 Å². The van der Waals surface area contributed by atoms with Gasteiger partial charge in [0.25, 0.3) is 0 Å². The van der Waals surface area contributed by atoms with E-state index in [2.05, 4.69) is 22.2 Å². The van der Waals surface area contributed by atoms with E-state index in [4.69, 9.17) is 14.0 Å². The molecule has 3 aromatic rings. The molecule has 2 aromatic carbocycles. The molecule has 1 saturated heterocycles. The Kier molecular flexibility index (Phi) is 7.40. The number of aromatic nitrogens is 1. The topological polar surface area (TPSA) is 85.0 Å². The van der Waals surface area contributed by atoms with E-state index in [1.807, 2.05) is 44.2 Å². The van der Waals surface area contributed by atoms with Gasteiger partial charge >= 0.3 is 5.97 Å². The Labute approximate surface area is 218 Å². The minimum absolute atomic E-state index is 0.0825. The van der Waals surface area contributed by atoms with E-state index in [0.717, 1.165) is 84.1 Å². The molecule has 1 aliphatic carbocycles. The van der Waals surface area contributed by atoms with Gasteiger partial charge in [0.05, 0.1) is 25.8 Å². The second-order valence-corrected chi connectivity index (χ2v) is 10.4. The number of carboxylic acids is 1. The summed E-state index contributed by atoms with van der Waals surface area (Å²) in [5, 5.41) is 13.5. The van der Waals surface area contributed by atoms with E-state index in [-0.39, 0.29) is 12.3 Å². The Morgan fingerprint density at radius 2 is 1.89 bits per heavy atom. The molecule has 7 nitrogen and oxygen atoms in total. The SMILES string of the molecule is COc1ccc(-c2c(C)noc2C)c(N2CCC(COc3cccc([C@@H](CC(=O)O)C4CC4)c3)CC2)c1. The van der Waals surface area contributed by atoms with Crippen LogP contribution in [-0.2, 0) is 4.79 Å². The number of piperidine rings is 1. The number of nitrogens with zero attached hydrogens (tertiary/aromatic N) is 2. The fraction of sp³-hybridized carbons (Fsp3) is 0.467. The molecule has 0 unspecified atom stereocenters. The number of hydrogen-bond donors (Lipinski definition) is 1. The molecule has 37 heavy (non-hydrogen) atoms. The highest BCUT2D eigenvalue weighted by molar-refractivity contribution is 5.82. The van der Waals surface area contributed by atoms with Gasteiger partial charge in [0, 0.05) is 36.0 Å². The van der Waals surface area contributed by atoms with Crippen molar-refractivity contribution in [2.45, 2.75) is 51.9 Å². The molecular weight excluding hydrogens is 468 g/mol. The van der Waals surface area contributed by atoms with Gasteiger partial charge in [-0.15, -0.1) is 0 Å². The van der Waals surface area contributed by atoms with Crippen molar-refractivity contribution in [3.63, 3.8) is 0 Å². The number of rotatable bonds is 10. The number of carboxylic acid groups (broad SMARTS) is 1. The highest BCUT2D eigenvalue weighted by atomic mass is 16.5. The molecule has 5 rings (SSSR count). The maximum absolute atomic E-state index is 11.4. The predicted molar refractivity (Wildman–Crippen MR) is 143 cm³/mol. The fourth-order valence-electron chi connectivity index (χ4n) is 5.61. The Bertz CT molecular complexity index is 1220. The molecule has 0 amide bonds. The van der Waals surface area contributed by atoms with Crippen LogP contribution in [0.3, 0.4) is 0 Å². The summed E-state index contributed by atoms with van der Waals surface area (Å²) < 4.78 is 17.2. The monoisotopic (exact) mass is 504 g/mol. The third-order valence-corrected chi connectivity index (χ3v) is 7.82. The third kappa shape index (κ3) is 5.76. The molecule has 1 aromatic heterocycles. The number of methoxy groups -OCH3 is 1. The summed E-state index contributed by atoms with van der Waals surface area (Å²) in [6.45, 7) is 6.46. The van der Waals surface area contributed by atoms with E-state index in [0.29, 0.717) is 18.4 Å². The molecule has 0 bridgehead atoms. The van der Waals surface area contributed by atoms with Crippen LogP contribution < -0.4 is 14.4 Å². The van der Waals surface area contributed by atoms with Crippen LogP contribution in [-0.4, -0.2) is 43.0 Å². The number of aryl methyl sites for hydroxylation is 2. The van der Waals surface area contributed by atoms with E-state index < -0.39 is 5.97 Å². The molecule has 1 N–H and O–H groups in total. The quantitative estimate of drug-likeness (QED) is 0.350. The summed E-state index contributed by atoms with van der Waals surface area (Å²) in [4.78, 5) is 13.8. The maximum Gasteiger partial charge on any atom is 0.303 e. The summed E-state index contributed by atoms with van der Waals surface area (Å²) in [5.41, 5.74) is 5.29. The molecule has 196 valence electrons. The minimum Gasteiger partial charge on any atom is -0.497 e. The van der Waals surface area contributed by atoms with Crippen molar-refractivity contribution >= 4 is 11.7 Å². The predicted octanol–water partition coefficient (Wildman–Crippen LogP) is 6.23. The van der Waals surface area contributed by atoms with Crippen molar-refractivity contribution in [3.8, 4) is 22.6 Å². The second kappa shape index (κ2) is 10.9. The van der Waals surface area contributed by atoms with Gasteiger partial charge in [-0.05, 0) is 87.1 Å². The van der Waals surface area contributed by atoms with Gasteiger partial charge in [0.2, 0.25) is 0 Å². The maximum atomic E-state index is 11.4. The van der Waals surface area contributed by atoms with Gasteiger partial charge in [0.15, 0.2) is 0 Å². The average molecular weight is 505 g/mol. The zero-order chi connectivity index (χ0) is 25.9. The van der Waals surface area contributed by atoms with Gasteiger partial charge in [-0.3, -0.25) is 4.79 Å². The summed E-state index contributed by atoms with van der Waals surface area (Å²) in [6.07, 6.45) is 4.48. The highest BCUT2D eigenvalue weighted by Crippen LogP contribution is 2.45. The number of carbonyl (C=O) groups is 1. The van der Waals surface area contributed by atoms with Crippen LogP contribution in [0.1, 0.15) is 55.0 Å². The molecule has 1 aliphatic heterocycles. The zero-order valence-corrected chi connectivity index (χ0v) is 21.9. The smallest absolute Gasteiger partial charge is 0.303 e. The molecule has 7 heteroatoms. The van der Waals surface area contributed by atoms with Gasteiger partial charge in [-0.1, -0.05) is 17.3 Å². The zero-order valence-electron chi connectivity index (χ0n) is 21.9. The summed E-state index contributed by atoms with van der Waals surface area (Å²) in [7, 11) is 1.70. The first kappa shape index (κ1) is 25.2. The van der Waals surface area contributed by atoms with Crippen molar-refractivity contribution in [1.82, 2.24) is 5.16 Å². The molecule has 2 fully saturated rings. The molecule has 2 aliphatic rings. The van der Waals surface area contributed by atoms with Crippen LogP contribution in [0.25, 0.3) is 11.1 Å². The van der Waals surface area contributed by atoms with E-state index in [1.165, 1.54) is 0 Å². The van der Waals surface area contributed by atoms with Crippen LogP contribution in [0.15, 0.2) is 47.0 Å². The first-order chi connectivity index (χ1) is 17.9. The lowest BCUT2D eigenvalue weighted by Gasteiger charge is -2.35. The number of anilines is 1. The average Bonchev–Trinajstić information content (AvgIpc) is 3.70. The van der Waals surface area contributed by atoms with Crippen molar-refractivity contribution in [2.75, 3.05) is 31.7 Å². The van der Waals surface area contributed by atoms with Gasteiger partial charge in [0.1, 0.15) is 17.3 Å². The number of aliphatic carboxylic acids is 1. The lowest BCUT2D eigenvalue weighted by molar-refractivity contribution is -0.137. The van der Waals surface area contributed by atoms with E-state index in [1.54, 1.807) is 7.11 Å². The molecule has 2 heterocycles. The number of benzene rings is 2. The first-order valence-electron chi connectivity index (χ1n) is 13.2. The molecular formula is C30H36N2O5. The van der Waals surface area contributed by atoms with Crippen LogP contribution in [0.2, 0.25) is 0 Å². The summed E-state index contributed by atoms with van der Waals surface area (Å²) >= 11 is 0. The van der Waals surface area contributed by atoms with E-state index in [9.17, 15) is 9.90 Å². The highest BCUT2D eigenvalue weighted by Gasteiger charge is 2.34. The van der Waals surface area contributed by atoms with Crippen LogP contribution >= 0.6 is 0 Å². The Balaban J connectivity index is 1.23. The van der Waals surface area contributed by atoms with Crippen molar-refractivity contribution in [1.29, 1.82) is 0 Å². The van der Waals surface area contributed by atoms with Crippen LogP contribution in [0.5, 0.6) is 11.5 Å².